The third-order valence-electron chi connectivity index (χ3n) is 5.39. The molecule has 3 heteroatoms. The van der Waals surface area contributed by atoms with Gasteiger partial charge >= 0.3 is 0 Å². The summed E-state index contributed by atoms with van der Waals surface area (Å²) in [6.45, 7) is 2.21. The van der Waals surface area contributed by atoms with Crippen LogP contribution >= 0.6 is 0 Å². The van der Waals surface area contributed by atoms with Crippen molar-refractivity contribution in [3.05, 3.63) is 23.8 Å². The molecular weight excluding hydrogens is 285 g/mol. The van der Waals surface area contributed by atoms with Crippen LogP contribution in [0.15, 0.2) is 23.8 Å². The van der Waals surface area contributed by atoms with Gasteiger partial charge in [-0.05, 0) is 24.8 Å². The molecule has 0 N–H and O–H groups in total. The summed E-state index contributed by atoms with van der Waals surface area (Å²) in [6.07, 6.45) is 13.4. The molecule has 1 atom stereocenters. The van der Waals surface area contributed by atoms with E-state index in [-0.39, 0.29) is 6.42 Å². The van der Waals surface area contributed by atoms with Crippen molar-refractivity contribution in [2.24, 2.45) is 11.8 Å². The lowest BCUT2D eigenvalue weighted by Gasteiger charge is -2.37. The van der Waals surface area contributed by atoms with Crippen LogP contribution in [-0.4, -0.2) is 5.67 Å². The fraction of sp³-hybridized carbons (Fsp3) is 0.789. The molecule has 2 rings (SSSR count). The molecule has 0 bridgehead atoms. The largest absolute Gasteiger partial charge is 0.231 e. The van der Waals surface area contributed by atoms with E-state index < -0.39 is 23.2 Å². The minimum absolute atomic E-state index is 0.107. The number of allylic oxidation sites excluding steroid dienone is 4. The molecule has 0 heterocycles. The van der Waals surface area contributed by atoms with Crippen LogP contribution < -0.4 is 0 Å². The highest BCUT2D eigenvalue weighted by Crippen LogP contribution is 2.46. The number of hydrogen-bond acceptors (Lipinski definition) is 0. The zero-order valence-corrected chi connectivity index (χ0v) is 13.7. The molecule has 0 spiro atoms. The van der Waals surface area contributed by atoms with E-state index in [0.717, 1.165) is 12.8 Å². The Morgan fingerprint density at radius 1 is 1.05 bits per heavy atom. The predicted molar refractivity (Wildman–Crippen MR) is 85.7 cm³/mol. The van der Waals surface area contributed by atoms with Crippen molar-refractivity contribution in [3.63, 3.8) is 0 Å². The molecule has 0 amide bonds. The second-order valence-electron chi connectivity index (χ2n) is 7.01. The van der Waals surface area contributed by atoms with E-state index in [0.29, 0.717) is 18.8 Å². The Hall–Kier alpha value is -0.730. The molecule has 0 aromatic carbocycles. The van der Waals surface area contributed by atoms with Gasteiger partial charge in [0.1, 0.15) is 5.83 Å². The summed E-state index contributed by atoms with van der Waals surface area (Å²) in [5.74, 6) is -1.85. The van der Waals surface area contributed by atoms with Crippen LogP contribution in [0, 0.1) is 11.8 Å². The Morgan fingerprint density at radius 3 is 2.41 bits per heavy atom. The minimum Gasteiger partial charge on any atom is -0.231 e. The maximum atomic E-state index is 14.9. The van der Waals surface area contributed by atoms with Gasteiger partial charge in [-0.3, -0.25) is 0 Å². The predicted octanol–water partition coefficient (Wildman–Crippen LogP) is 6.97. The normalized spacial score (nSPS) is 32.5. The second-order valence-corrected chi connectivity index (χ2v) is 7.01. The average molecular weight is 314 g/mol. The molecule has 0 aliphatic heterocycles. The first-order valence-electron chi connectivity index (χ1n) is 8.99. The number of rotatable bonds is 7. The van der Waals surface area contributed by atoms with E-state index in [2.05, 4.69) is 6.92 Å². The van der Waals surface area contributed by atoms with Crippen LogP contribution in [0.5, 0.6) is 0 Å². The Kier molecular flexibility index (Phi) is 6.58. The molecule has 126 valence electrons. The third kappa shape index (κ3) is 4.17. The summed E-state index contributed by atoms with van der Waals surface area (Å²) in [4.78, 5) is 0. The first-order valence-corrected chi connectivity index (χ1v) is 8.99. The number of hydrogen-bond donors (Lipinski definition) is 0. The quantitative estimate of drug-likeness (QED) is 0.351. The topological polar surface area (TPSA) is 0 Å². The monoisotopic (exact) mass is 314 g/mol. The Labute approximate surface area is 132 Å². The highest BCUT2D eigenvalue weighted by atomic mass is 19.2. The van der Waals surface area contributed by atoms with E-state index in [1.165, 1.54) is 50.7 Å². The molecule has 0 radical (unpaired) electrons. The van der Waals surface area contributed by atoms with Gasteiger partial charge in [0, 0.05) is 12.3 Å². The van der Waals surface area contributed by atoms with Crippen LogP contribution in [-0.2, 0) is 0 Å². The van der Waals surface area contributed by atoms with E-state index in [1.807, 2.05) is 0 Å². The Bertz CT molecular complexity index is 405. The van der Waals surface area contributed by atoms with Gasteiger partial charge in [0.25, 0.3) is 0 Å². The molecule has 22 heavy (non-hydrogen) atoms. The van der Waals surface area contributed by atoms with Gasteiger partial charge < -0.3 is 0 Å². The maximum absolute atomic E-state index is 14.9. The van der Waals surface area contributed by atoms with Gasteiger partial charge in [0.05, 0.1) is 0 Å². The molecule has 0 saturated heterocycles. The standard InChI is InChI=1S/C19H29F3/c1-2-3-4-5-6-8-15-10-12-16(13-11-15)19(22)14-7-9-17(20)18(19)21/h7,14-16H,2-6,8-13H2,1H3. The first-order chi connectivity index (χ1) is 10.6. The van der Waals surface area contributed by atoms with Gasteiger partial charge in [-0.1, -0.05) is 64.4 Å². The smallest absolute Gasteiger partial charge is 0.185 e. The van der Waals surface area contributed by atoms with Gasteiger partial charge in [0.2, 0.25) is 0 Å². The summed E-state index contributed by atoms with van der Waals surface area (Å²) in [5, 5.41) is 0. The lowest BCUT2D eigenvalue weighted by molar-refractivity contribution is 0.0911. The van der Waals surface area contributed by atoms with E-state index in [4.69, 9.17) is 0 Å². The molecular formula is C19H29F3. The summed E-state index contributed by atoms with van der Waals surface area (Å²) < 4.78 is 42.2. The highest BCUT2D eigenvalue weighted by molar-refractivity contribution is 5.30. The number of alkyl halides is 1. The van der Waals surface area contributed by atoms with Crippen molar-refractivity contribution in [1.29, 1.82) is 0 Å². The molecule has 2 aliphatic carbocycles. The number of halogens is 3. The van der Waals surface area contributed by atoms with Crippen molar-refractivity contribution in [1.82, 2.24) is 0 Å². The Balaban J connectivity index is 1.77. The van der Waals surface area contributed by atoms with Gasteiger partial charge in [0.15, 0.2) is 11.5 Å². The molecule has 1 unspecified atom stereocenters. The van der Waals surface area contributed by atoms with Crippen LogP contribution in [0.1, 0.15) is 77.6 Å². The van der Waals surface area contributed by atoms with Crippen molar-refractivity contribution in [3.8, 4) is 0 Å². The maximum Gasteiger partial charge on any atom is 0.185 e. The van der Waals surface area contributed by atoms with Crippen LogP contribution in [0.2, 0.25) is 0 Å². The zero-order chi connectivity index (χ0) is 16.0. The summed E-state index contributed by atoms with van der Waals surface area (Å²) in [7, 11) is 0. The average Bonchev–Trinajstić information content (AvgIpc) is 2.53. The zero-order valence-electron chi connectivity index (χ0n) is 13.7. The van der Waals surface area contributed by atoms with Crippen LogP contribution in [0.4, 0.5) is 13.2 Å². The highest BCUT2D eigenvalue weighted by Gasteiger charge is 2.45. The Morgan fingerprint density at radius 2 is 1.73 bits per heavy atom. The SMILES string of the molecule is CCCCCCCC1CCC(C2(F)C=CCC(F)=C2F)CC1. The fourth-order valence-electron chi connectivity index (χ4n) is 3.93. The minimum atomic E-state index is -2.19. The fourth-order valence-corrected chi connectivity index (χ4v) is 3.93. The van der Waals surface area contributed by atoms with Gasteiger partial charge in [-0.15, -0.1) is 0 Å². The number of unbranched alkanes of at least 4 members (excludes halogenated alkanes) is 4. The first kappa shape index (κ1) is 17.6. The van der Waals surface area contributed by atoms with E-state index >= 15 is 0 Å². The summed E-state index contributed by atoms with van der Waals surface area (Å²) in [5.41, 5.74) is -2.19. The molecule has 0 aromatic heterocycles. The molecule has 2 aliphatic rings. The summed E-state index contributed by atoms with van der Waals surface area (Å²) in [6, 6.07) is 0. The summed E-state index contributed by atoms with van der Waals surface area (Å²) >= 11 is 0. The van der Waals surface area contributed by atoms with E-state index in [1.54, 1.807) is 0 Å². The van der Waals surface area contributed by atoms with Gasteiger partial charge in [-0.25, -0.2) is 13.2 Å². The molecule has 0 aromatic rings. The lowest BCUT2D eigenvalue weighted by Crippen LogP contribution is -2.36. The van der Waals surface area contributed by atoms with Gasteiger partial charge in [-0.2, -0.15) is 0 Å². The molecule has 0 nitrogen and oxygen atoms in total. The molecule has 1 saturated carbocycles. The van der Waals surface area contributed by atoms with Crippen LogP contribution in [0.3, 0.4) is 0 Å². The third-order valence-corrected chi connectivity index (χ3v) is 5.39. The van der Waals surface area contributed by atoms with Crippen LogP contribution in [0.25, 0.3) is 0 Å². The van der Waals surface area contributed by atoms with Crippen molar-refractivity contribution in [2.45, 2.75) is 83.2 Å². The lowest BCUT2D eigenvalue weighted by atomic mass is 9.71. The van der Waals surface area contributed by atoms with Crippen molar-refractivity contribution < 1.29 is 13.2 Å². The second kappa shape index (κ2) is 8.21. The van der Waals surface area contributed by atoms with Crippen molar-refractivity contribution in [2.75, 3.05) is 0 Å². The van der Waals surface area contributed by atoms with E-state index in [9.17, 15) is 13.2 Å². The molecule has 1 fully saturated rings. The van der Waals surface area contributed by atoms with Crippen molar-refractivity contribution >= 4 is 0 Å².